The lowest BCUT2D eigenvalue weighted by Crippen LogP contribution is -2.24. The molecular weight excluding hydrogens is 323 g/mol. The molecule has 0 saturated carbocycles. The molecule has 0 aliphatic carbocycles. The van der Waals surface area contributed by atoms with E-state index in [4.69, 9.17) is 0 Å². The second kappa shape index (κ2) is 6.13. The lowest BCUT2D eigenvalue weighted by Gasteiger charge is -2.20. The molecule has 1 aliphatic heterocycles. The molecule has 0 atom stereocenters. The van der Waals surface area contributed by atoms with E-state index in [0.29, 0.717) is 0 Å². The van der Waals surface area contributed by atoms with Crippen molar-refractivity contribution in [3.8, 4) is 22.3 Å². The second-order valence-electron chi connectivity index (χ2n) is 9.79. The quantitative estimate of drug-likeness (QED) is 0.393. The molecule has 27 heavy (non-hydrogen) atoms. The van der Waals surface area contributed by atoms with Crippen molar-refractivity contribution in [1.29, 1.82) is 0 Å². The molecule has 3 aromatic rings. The lowest BCUT2D eigenvalue weighted by atomic mass is 9.64. The van der Waals surface area contributed by atoms with E-state index < -0.39 is 0 Å². The minimum atomic E-state index is 0.170. The van der Waals surface area contributed by atoms with Crippen LogP contribution in [0.25, 0.3) is 22.3 Å². The molecule has 3 aromatic carbocycles. The zero-order valence-corrected chi connectivity index (χ0v) is 17.4. The average Bonchev–Trinajstić information content (AvgIpc) is 2.98. The SMILES string of the molecule is CC(C)(C)c1ccc(-c2cccc3c2[B]c2cc(C(C)(C)C)ccc2-3)cc1. The second-order valence-corrected chi connectivity index (χ2v) is 9.79. The number of hydrogen-bond donors (Lipinski definition) is 0. The van der Waals surface area contributed by atoms with Gasteiger partial charge in [0, 0.05) is 0 Å². The van der Waals surface area contributed by atoms with Gasteiger partial charge in [-0.3, -0.25) is 0 Å². The summed E-state index contributed by atoms with van der Waals surface area (Å²) in [6.45, 7) is 13.6. The van der Waals surface area contributed by atoms with Crippen molar-refractivity contribution < 1.29 is 0 Å². The van der Waals surface area contributed by atoms with Crippen LogP contribution < -0.4 is 10.9 Å². The van der Waals surface area contributed by atoms with Gasteiger partial charge < -0.3 is 0 Å². The van der Waals surface area contributed by atoms with Gasteiger partial charge in [-0.1, -0.05) is 113 Å². The van der Waals surface area contributed by atoms with Gasteiger partial charge in [0.25, 0.3) is 0 Å². The average molecular weight is 351 g/mol. The van der Waals surface area contributed by atoms with Crippen molar-refractivity contribution in [2.45, 2.75) is 52.4 Å². The first-order valence-electron chi connectivity index (χ1n) is 9.88. The summed E-state index contributed by atoms with van der Waals surface area (Å²) >= 11 is 0. The first-order chi connectivity index (χ1) is 12.6. The molecule has 0 bridgehead atoms. The van der Waals surface area contributed by atoms with Gasteiger partial charge in [0.1, 0.15) is 0 Å². The Hall–Kier alpha value is -2.28. The molecule has 0 nitrogen and oxygen atoms in total. The van der Waals surface area contributed by atoms with Crippen LogP contribution in [0.2, 0.25) is 0 Å². The van der Waals surface area contributed by atoms with Crippen molar-refractivity contribution in [1.82, 2.24) is 0 Å². The Morgan fingerprint density at radius 2 is 1.19 bits per heavy atom. The van der Waals surface area contributed by atoms with E-state index in [1.54, 1.807) is 0 Å². The molecule has 135 valence electrons. The Kier molecular flexibility index (Phi) is 4.11. The fourth-order valence-corrected chi connectivity index (χ4v) is 3.91. The molecule has 0 amide bonds. The van der Waals surface area contributed by atoms with E-state index in [2.05, 4.69) is 109 Å². The van der Waals surface area contributed by atoms with Crippen LogP contribution >= 0.6 is 0 Å². The number of hydrogen-bond acceptors (Lipinski definition) is 0. The van der Waals surface area contributed by atoms with Gasteiger partial charge in [-0.05, 0) is 44.2 Å². The van der Waals surface area contributed by atoms with Crippen LogP contribution in [-0.2, 0) is 10.8 Å². The summed E-state index contributed by atoms with van der Waals surface area (Å²) in [6, 6.07) is 22.7. The Labute approximate surface area is 164 Å². The molecule has 0 N–H and O–H groups in total. The molecular formula is C26H28B. The highest BCUT2D eigenvalue weighted by atomic mass is 14.2. The molecule has 0 unspecified atom stereocenters. The predicted octanol–water partition coefficient (Wildman–Crippen LogP) is 5.58. The molecule has 1 heteroatoms. The van der Waals surface area contributed by atoms with Crippen LogP contribution in [0.1, 0.15) is 52.7 Å². The van der Waals surface area contributed by atoms with Crippen LogP contribution in [-0.4, -0.2) is 7.28 Å². The zero-order chi connectivity index (χ0) is 19.4. The third-order valence-corrected chi connectivity index (χ3v) is 5.68. The predicted molar refractivity (Wildman–Crippen MR) is 120 cm³/mol. The first-order valence-corrected chi connectivity index (χ1v) is 9.88. The molecule has 1 aliphatic rings. The van der Waals surface area contributed by atoms with E-state index in [1.165, 1.54) is 44.3 Å². The largest absolute Gasteiger partial charge is 0.193 e. The minimum Gasteiger partial charge on any atom is -0.0734 e. The van der Waals surface area contributed by atoms with Gasteiger partial charge in [-0.2, -0.15) is 0 Å². The van der Waals surface area contributed by atoms with Crippen LogP contribution in [0.15, 0.2) is 60.7 Å². The minimum absolute atomic E-state index is 0.170. The maximum Gasteiger partial charge on any atom is 0.193 e. The van der Waals surface area contributed by atoms with E-state index >= 15 is 0 Å². The Bertz CT molecular complexity index is 996. The highest BCUT2D eigenvalue weighted by Crippen LogP contribution is 2.31. The van der Waals surface area contributed by atoms with E-state index in [-0.39, 0.29) is 10.8 Å². The van der Waals surface area contributed by atoms with Crippen molar-refractivity contribution in [2.75, 3.05) is 0 Å². The van der Waals surface area contributed by atoms with Gasteiger partial charge >= 0.3 is 0 Å². The molecule has 1 heterocycles. The van der Waals surface area contributed by atoms with Gasteiger partial charge in [0.05, 0.1) is 0 Å². The van der Waals surface area contributed by atoms with E-state index in [9.17, 15) is 0 Å². The highest BCUT2D eigenvalue weighted by molar-refractivity contribution is 6.74. The Morgan fingerprint density at radius 1 is 0.593 bits per heavy atom. The highest BCUT2D eigenvalue weighted by Gasteiger charge is 2.25. The maximum absolute atomic E-state index is 2.37. The Morgan fingerprint density at radius 3 is 1.81 bits per heavy atom. The monoisotopic (exact) mass is 351 g/mol. The van der Waals surface area contributed by atoms with Gasteiger partial charge in [0.15, 0.2) is 7.28 Å². The summed E-state index contributed by atoms with van der Waals surface area (Å²) in [5.41, 5.74) is 11.1. The van der Waals surface area contributed by atoms with E-state index in [1.807, 2.05) is 0 Å². The summed E-state index contributed by atoms with van der Waals surface area (Å²) in [4.78, 5) is 0. The number of benzene rings is 3. The summed E-state index contributed by atoms with van der Waals surface area (Å²) in [5.74, 6) is 0. The molecule has 0 aromatic heterocycles. The normalized spacial score (nSPS) is 13.1. The summed E-state index contributed by atoms with van der Waals surface area (Å²) < 4.78 is 0. The van der Waals surface area contributed by atoms with Gasteiger partial charge in [-0.25, -0.2) is 0 Å². The molecule has 0 fully saturated rings. The molecule has 0 saturated heterocycles. The summed E-state index contributed by atoms with van der Waals surface area (Å²) in [5, 5.41) is 0. The summed E-state index contributed by atoms with van der Waals surface area (Å²) in [6.07, 6.45) is 0. The fraction of sp³-hybridized carbons (Fsp3) is 0.308. The Balaban J connectivity index is 1.76. The van der Waals surface area contributed by atoms with Gasteiger partial charge in [-0.15, -0.1) is 0 Å². The molecule has 0 spiro atoms. The van der Waals surface area contributed by atoms with Crippen LogP contribution in [0, 0.1) is 0 Å². The molecule has 1 radical (unpaired) electrons. The topological polar surface area (TPSA) is 0 Å². The molecule has 4 rings (SSSR count). The van der Waals surface area contributed by atoms with Gasteiger partial charge in [0.2, 0.25) is 0 Å². The number of rotatable bonds is 1. The standard InChI is InChI=1S/C26H28B/c1-25(2,3)18-12-10-17(11-13-18)20-8-7-9-22-21-15-14-19(26(4,5)6)16-23(21)27-24(20)22/h7-16H,1-6H3. The smallest absolute Gasteiger partial charge is 0.0734 e. The third kappa shape index (κ3) is 3.25. The van der Waals surface area contributed by atoms with Crippen molar-refractivity contribution in [3.05, 3.63) is 71.8 Å². The number of fused-ring (bicyclic) bond motifs is 3. The zero-order valence-electron chi connectivity index (χ0n) is 17.4. The van der Waals surface area contributed by atoms with Crippen LogP contribution in [0.5, 0.6) is 0 Å². The van der Waals surface area contributed by atoms with Crippen LogP contribution in [0.4, 0.5) is 0 Å². The van der Waals surface area contributed by atoms with E-state index in [0.717, 1.165) is 0 Å². The maximum atomic E-state index is 2.37. The summed E-state index contributed by atoms with van der Waals surface area (Å²) in [7, 11) is 2.37. The van der Waals surface area contributed by atoms with Crippen molar-refractivity contribution in [2.24, 2.45) is 0 Å². The fourth-order valence-electron chi connectivity index (χ4n) is 3.91. The van der Waals surface area contributed by atoms with Crippen molar-refractivity contribution in [3.63, 3.8) is 0 Å². The lowest BCUT2D eigenvalue weighted by molar-refractivity contribution is 0.590. The first kappa shape index (κ1) is 18.1. The van der Waals surface area contributed by atoms with Crippen LogP contribution in [0.3, 0.4) is 0 Å². The van der Waals surface area contributed by atoms with Crippen molar-refractivity contribution >= 4 is 18.2 Å². The third-order valence-electron chi connectivity index (χ3n) is 5.68.